The van der Waals surface area contributed by atoms with Crippen molar-refractivity contribution in [1.82, 2.24) is 0 Å². The lowest BCUT2D eigenvalue weighted by Crippen LogP contribution is -2.38. The molecule has 1 atom stereocenters. The normalized spacial score (nSPS) is 15.8. The first-order chi connectivity index (χ1) is 5.94. The van der Waals surface area contributed by atoms with Crippen LogP contribution in [0.25, 0.3) is 0 Å². The van der Waals surface area contributed by atoms with Crippen molar-refractivity contribution in [2.75, 3.05) is 0 Å². The number of nitrogens with two attached hydrogens (primary N) is 1. The third-order valence-corrected chi connectivity index (χ3v) is 2.67. The van der Waals surface area contributed by atoms with Crippen LogP contribution in [0.5, 0.6) is 0 Å². The molecule has 0 saturated heterocycles. The maximum Gasteiger partial charge on any atom is 0.123 e. The Hall–Kier alpha value is -0.890. The summed E-state index contributed by atoms with van der Waals surface area (Å²) in [5.74, 6) is 0.112. The molecular weight excluding hydrogens is 165 g/mol. The van der Waals surface area contributed by atoms with E-state index in [4.69, 9.17) is 5.73 Å². The van der Waals surface area contributed by atoms with Gasteiger partial charge < -0.3 is 5.73 Å². The minimum absolute atomic E-state index is 0.219. The first kappa shape index (κ1) is 10.2. The molecule has 0 radical (unpaired) electrons. The highest BCUT2D eigenvalue weighted by Gasteiger charge is 2.24. The molecule has 0 aromatic heterocycles. The van der Waals surface area contributed by atoms with Crippen molar-refractivity contribution < 1.29 is 4.39 Å². The molecule has 0 saturated carbocycles. The van der Waals surface area contributed by atoms with E-state index in [2.05, 4.69) is 13.8 Å². The number of halogens is 1. The van der Waals surface area contributed by atoms with Crippen molar-refractivity contribution in [2.45, 2.75) is 26.3 Å². The quantitative estimate of drug-likeness (QED) is 0.745. The fourth-order valence-electron chi connectivity index (χ4n) is 1.14. The van der Waals surface area contributed by atoms with E-state index in [1.807, 2.05) is 6.92 Å². The lowest BCUT2D eigenvalue weighted by molar-refractivity contribution is 0.350. The van der Waals surface area contributed by atoms with Gasteiger partial charge in [-0.15, -0.1) is 0 Å². The maximum atomic E-state index is 12.6. The van der Waals surface area contributed by atoms with E-state index in [1.165, 1.54) is 12.1 Å². The summed E-state index contributed by atoms with van der Waals surface area (Å²) in [7, 11) is 0. The summed E-state index contributed by atoms with van der Waals surface area (Å²) in [5, 5.41) is 0. The Bertz CT molecular complexity index is 275. The number of rotatable bonds is 2. The Balaban J connectivity index is 3.01. The van der Waals surface area contributed by atoms with Gasteiger partial charge in [-0.2, -0.15) is 0 Å². The molecule has 2 N–H and O–H groups in total. The first-order valence-electron chi connectivity index (χ1n) is 4.49. The first-order valence-corrected chi connectivity index (χ1v) is 4.49. The van der Waals surface area contributed by atoms with E-state index in [9.17, 15) is 4.39 Å². The van der Waals surface area contributed by atoms with Gasteiger partial charge in [0.05, 0.1) is 0 Å². The molecule has 0 aliphatic rings. The molecule has 1 nitrogen and oxygen atoms in total. The van der Waals surface area contributed by atoms with Gasteiger partial charge in [-0.3, -0.25) is 0 Å². The average molecular weight is 181 g/mol. The van der Waals surface area contributed by atoms with Gasteiger partial charge in [-0.1, -0.05) is 26.0 Å². The molecule has 0 aliphatic carbocycles. The predicted molar refractivity (Wildman–Crippen MR) is 52.8 cm³/mol. The lowest BCUT2D eigenvalue weighted by Gasteiger charge is -2.29. The number of benzene rings is 1. The van der Waals surface area contributed by atoms with Crippen LogP contribution in [0.15, 0.2) is 24.3 Å². The van der Waals surface area contributed by atoms with E-state index in [0.717, 1.165) is 5.56 Å². The highest BCUT2D eigenvalue weighted by atomic mass is 19.1. The molecule has 72 valence electrons. The third kappa shape index (κ3) is 2.07. The topological polar surface area (TPSA) is 26.0 Å². The van der Waals surface area contributed by atoms with Gasteiger partial charge in [0, 0.05) is 5.54 Å². The minimum atomic E-state index is -0.381. The van der Waals surface area contributed by atoms with Crippen molar-refractivity contribution in [2.24, 2.45) is 11.7 Å². The van der Waals surface area contributed by atoms with Crippen molar-refractivity contribution in [3.8, 4) is 0 Å². The van der Waals surface area contributed by atoms with E-state index < -0.39 is 0 Å². The van der Waals surface area contributed by atoms with E-state index in [-0.39, 0.29) is 11.4 Å². The third-order valence-electron chi connectivity index (χ3n) is 2.67. The second-order valence-corrected chi connectivity index (χ2v) is 3.94. The molecule has 2 heteroatoms. The van der Waals surface area contributed by atoms with Crippen LogP contribution < -0.4 is 5.73 Å². The molecule has 1 unspecified atom stereocenters. The van der Waals surface area contributed by atoms with Crippen molar-refractivity contribution in [3.63, 3.8) is 0 Å². The van der Waals surface area contributed by atoms with Gasteiger partial charge in [0.1, 0.15) is 5.82 Å². The molecule has 0 aliphatic heterocycles. The van der Waals surface area contributed by atoms with Gasteiger partial charge >= 0.3 is 0 Å². The molecule has 1 aromatic carbocycles. The summed E-state index contributed by atoms with van der Waals surface area (Å²) in [6.45, 7) is 6.08. The van der Waals surface area contributed by atoms with Crippen LogP contribution in [0.2, 0.25) is 0 Å². The zero-order valence-corrected chi connectivity index (χ0v) is 8.34. The average Bonchev–Trinajstić information content (AvgIpc) is 2.04. The Labute approximate surface area is 78.8 Å². The fraction of sp³-hybridized carbons (Fsp3) is 0.455. The van der Waals surface area contributed by atoms with Crippen molar-refractivity contribution >= 4 is 0 Å². The summed E-state index contributed by atoms with van der Waals surface area (Å²) in [4.78, 5) is 0. The molecule has 0 fully saturated rings. The van der Waals surface area contributed by atoms with Crippen LogP contribution in [0.3, 0.4) is 0 Å². The molecule has 0 bridgehead atoms. The van der Waals surface area contributed by atoms with Crippen LogP contribution in [0.1, 0.15) is 26.3 Å². The SMILES string of the molecule is CC(C)C(C)(N)c1ccc(F)cc1. The Morgan fingerprint density at radius 2 is 1.69 bits per heavy atom. The zero-order chi connectivity index (χ0) is 10.1. The highest BCUT2D eigenvalue weighted by Crippen LogP contribution is 2.25. The second-order valence-electron chi connectivity index (χ2n) is 3.94. The molecule has 1 aromatic rings. The monoisotopic (exact) mass is 181 g/mol. The molecule has 13 heavy (non-hydrogen) atoms. The van der Waals surface area contributed by atoms with E-state index in [1.54, 1.807) is 12.1 Å². The van der Waals surface area contributed by atoms with E-state index in [0.29, 0.717) is 5.92 Å². The summed E-state index contributed by atoms with van der Waals surface area (Å²) in [6.07, 6.45) is 0. The van der Waals surface area contributed by atoms with Crippen LogP contribution in [-0.4, -0.2) is 0 Å². The van der Waals surface area contributed by atoms with E-state index >= 15 is 0 Å². The smallest absolute Gasteiger partial charge is 0.123 e. The lowest BCUT2D eigenvalue weighted by atomic mass is 9.83. The number of hydrogen-bond donors (Lipinski definition) is 1. The Morgan fingerprint density at radius 1 is 1.23 bits per heavy atom. The van der Waals surface area contributed by atoms with Crippen LogP contribution in [-0.2, 0) is 5.54 Å². The van der Waals surface area contributed by atoms with Crippen molar-refractivity contribution in [3.05, 3.63) is 35.6 Å². The standard InChI is InChI=1S/C11H16FN/c1-8(2)11(3,13)9-4-6-10(12)7-5-9/h4-8H,13H2,1-3H3. The molecular formula is C11H16FN. The fourth-order valence-corrected chi connectivity index (χ4v) is 1.14. The largest absolute Gasteiger partial charge is 0.321 e. The molecule has 0 heterocycles. The van der Waals surface area contributed by atoms with Crippen LogP contribution in [0.4, 0.5) is 4.39 Å². The summed E-state index contributed by atoms with van der Waals surface area (Å²) >= 11 is 0. The molecule has 0 spiro atoms. The van der Waals surface area contributed by atoms with Crippen LogP contribution >= 0.6 is 0 Å². The zero-order valence-electron chi connectivity index (χ0n) is 8.34. The van der Waals surface area contributed by atoms with Crippen LogP contribution in [0, 0.1) is 11.7 Å². The van der Waals surface area contributed by atoms with Gasteiger partial charge in [-0.05, 0) is 30.5 Å². The van der Waals surface area contributed by atoms with Gasteiger partial charge in [0.2, 0.25) is 0 Å². The summed E-state index contributed by atoms with van der Waals surface area (Å²) in [5.41, 5.74) is 6.70. The number of hydrogen-bond acceptors (Lipinski definition) is 1. The van der Waals surface area contributed by atoms with Gasteiger partial charge in [0.15, 0.2) is 0 Å². The second kappa shape index (κ2) is 3.46. The van der Waals surface area contributed by atoms with Crippen molar-refractivity contribution in [1.29, 1.82) is 0 Å². The molecule has 1 rings (SSSR count). The maximum absolute atomic E-state index is 12.6. The summed E-state index contributed by atoms with van der Waals surface area (Å²) < 4.78 is 12.6. The minimum Gasteiger partial charge on any atom is -0.321 e. The van der Waals surface area contributed by atoms with Gasteiger partial charge in [-0.25, -0.2) is 4.39 Å². The highest BCUT2D eigenvalue weighted by molar-refractivity contribution is 5.24. The Kier molecular flexibility index (Phi) is 2.71. The van der Waals surface area contributed by atoms with Gasteiger partial charge in [0.25, 0.3) is 0 Å². The predicted octanol–water partition coefficient (Wildman–Crippen LogP) is 2.66. The molecule has 0 amide bonds. The Morgan fingerprint density at radius 3 is 2.08 bits per heavy atom. The summed E-state index contributed by atoms with van der Waals surface area (Å²) in [6, 6.07) is 6.39.